The van der Waals surface area contributed by atoms with Crippen molar-refractivity contribution in [1.82, 2.24) is 4.90 Å². The van der Waals surface area contributed by atoms with Crippen molar-refractivity contribution >= 4 is 17.4 Å². The number of nitrogens with zero attached hydrogens (tertiary/aromatic N) is 2. The van der Waals surface area contributed by atoms with E-state index in [0.29, 0.717) is 5.92 Å². The van der Waals surface area contributed by atoms with Crippen LogP contribution in [0.25, 0.3) is 0 Å². The molecule has 1 saturated heterocycles. The van der Waals surface area contributed by atoms with Gasteiger partial charge in [-0.25, -0.2) is 0 Å². The van der Waals surface area contributed by atoms with Crippen molar-refractivity contribution in [2.24, 2.45) is 0 Å². The van der Waals surface area contributed by atoms with E-state index in [1.165, 1.54) is 37.7 Å². The molecule has 148 valence electrons. The van der Waals surface area contributed by atoms with Gasteiger partial charge < -0.3 is 9.80 Å². The van der Waals surface area contributed by atoms with Crippen LogP contribution in [0.5, 0.6) is 0 Å². The second-order valence-corrected chi connectivity index (χ2v) is 9.44. The summed E-state index contributed by atoms with van der Waals surface area (Å²) in [6.07, 6.45) is 1.04. The van der Waals surface area contributed by atoms with Crippen LogP contribution in [-0.2, 0) is 6.42 Å². The highest BCUT2D eigenvalue weighted by Crippen LogP contribution is 2.40. The molecule has 2 aliphatic rings. The maximum absolute atomic E-state index is 2.50. The lowest BCUT2D eigenvalue weighted by molar-refractivity contribution is 0.313. The van der Waals surface area contributed by atoms with E-state index in [2.05, 4.69) is 90.5 Å². The maximum Gasteiger partial charge on any atom is 0.0367 e. The molecule has 2 heterocycles. The zero-order valence-corrected chi connectivity index (χ0v) is 18.1. The van der Waals surface area contributed by atoms with Crippen LogP contribution in [0.2, 0.25) is 0 Å². The first kappa shape index (κ1) is 18.8. The molecule has 1 fully saturated rings. The molecule has 3 aromatic carbocycles. The average Bonchev–Trinajstić information content (AvgIpc) is 2.77. The summed E-state index contributed by atoms with van der Waals surface area (Å²) in [6.45, 7) is 6.87. The molecule has 0 N–H and O–H groups in total. The summed E-state index contributed by atoms with van der Waals surface area (Å²) in [5.41, 5.74) is 7.08. The molecule has 0 aromatic heterocycles. The summed E-state index contributed by atoms with van der Waals surface area (Å²) in [7, 11) is 2.21. The molecule has 0 radical (unpaired) electrons. The lowest BCUT2D eigenvalue weighted by atomic mass is 9.90. The monoisotopic (exact) mass is 400 g/mol. The Morgan fingerprint density at radius 1 is 0.759 bits per heavy atom. The number of fused-ring (bicyclic) bond motifs is 2. The second-order valence-electron chi connectivity index (χ2n) is 8.36. The molecular weight excluding hydrogens is 372 g/mol. The van der Waals surface area contributed by atoms with Crippen LogP contribution in [0.3, 0.4) is 0 Å². The quantitative estimate of drug-likeness (QED) is 0.439. The number of anilines is 1. The highest BCUT2D eigenvalue weighted by Gasteiger charge is 2.18. The molecule has 0 spiro atoms. The van der Waals surface area contributed by atoms with E-state index in [0.717, 1.165) is 32.6 Å². The van der Waals surface area contributed by atoms with Crippen molar-refractivity contribution in [2.45, 2.75) is 29.1 Å². The van der Waals surface area contributed by atoms with Gasteiger partial charge in [-0.15, -0.1) is 0 Å². The van der Waals surface area contributed by atoms with Crippen LogP contribution in [-0.4, -0.2) is 38.1 Å². The molecule has 3 heteroatoms. The van der Waals surface area contributed by atoms with Crippen LogP contribution < -0.4 is 4.90 Å². The van der Waals surface area contributed by atoms with Gasteiger partial charge in [0.2, 0.25) is 0 Å². The zero-order chi connectivity index (χ0) is 19.8. The summed E-state index contributed by atoms with van der Waals surface area (Å²) in [4.78, 5) is 7.72. The van der Waals surface area contributed by atoms with Gasteiger partial charge in [0.1, 0.15) is 0 Å². The molecule has 1 unspecified atom stereocenters. The number of hydrogen-bond acceptors (Lipinski definition) is 3. The molecule has 29 heavy (non-hydrogen) atoms. The van der Waals surface area contributed by atoms with E-state index < -0.39 is 0 Å². The van der Waals surface area contributed by atoms with E-state index in [1.807, 2.05) is 11.8 Å². The van der Waals surface area contributed by atoms with Gasteiger partial charge in [0.15, 0.2) is 0 Å². The molecule has 0 aliphatic carbocycles. The Kier molecular flexibility index (Phi) is 5.11. The van der Waals surface area contributed by atoms with Gasteiger partial charge in [-0.3, -0.25) is 0 Å². The standard InChI is InChI=1S/C26H28N2S/c1-19(20-7-10-24(11-8-20)28-15-13-27(2)14-16-28)21-9-12-26-23(17-21)18-22-5-3-4-6-25(22)29-26/h3-12,17,19H,13-16,18H2,1-2H3. The Hall–Kier alpha value is -2.23. The van der Waals surface area contributed by atoms with Crippen molar-refractivity contribution in [3.05, 3.63) is 89.0 Å². The summed E-state index contributed by atoms with van der Waals surface area (Å²) in [6, 6.07) is 25.1. The molecule has 0 amide bonds. The fourth-order valence-corrected chi connectivity index (χ4v) is 5.46. The number of likely N-dealkylation sites (N-methyl/N-ethyl adjacent to an activating group) is 1. The first-order valence-electron chi connectivity index (χ1n) is 10.6. The summed E-state index contributed by atoms with van der Waals surface area (Å²) in [5.74, 6) is 0.406. The zero-order valence-electron chi connectivity index (χ0n) is 17.3. The Balaban J connectivity index is 1.34. The summed E-state index contributed by atoms with van der Waals surface area (Å²) < 4.78 is 0. The van der Waals surface area contributed by atoms with Gasteiger partial charge in [-0.05, 0) is 60.0 Å². The van der Waals surface area contributed by atoms with Gasteiger partial charge in [0.05, 0.1) is 0 Å². The minimum atomic E-state index is 0.406. The van der Waals surface area contributed by atoms with E-state index in [4.69, 9.17) is 0 Å². The van der Waals surface area contributed by atoms with Gasteiger partial charge in [-0.2, -0.15) is 0 Å². The number of hydrogen-bond donors (Lipinski definition) is 0. The van der Waals surface area contributed by atoms with Crippen LogP contribution in [0.15, 0.2) is 76.5 Å². The van der Waals surface area contributed by atoms with Crippen molar-refractivity contribution in [3.63, 3.8) is 0 Å². The van der Waals surface area contributed by atoms with E-state index in [9.17, 15) is 0 Å². The smallest absolute Gasteiger partial charge is 0.0367 e. The highest BCUT2D eigenvalue weighted by molar-refractivity contribution is 7.99. The van der Waals surface area contributed by atoms with Crippen LogP contribution in [0.1, 0.15) is 35.1 Å². The first-order chi connectivity index (χ1) is 14.2. The molecular formula is C26H28N2S. The predicted octanol–water partition coefficient (Wildman–Crippen LogP) is 5.65. The van der Waals surface area contributed by atoms with Crippen molar-refractivity contribution in [2.75, 3.05) is 38.1 Å². The predicted molar refractivity (Wildman–Crippen MR) is 123 cm³/mol. The number of benzene rings is 3. The minimum absolute atomic E-state index is 0.406. The number of rotatable bonds is 3. The molecule has 2 aliphatic heterocycles. The Morgan fingerprint density at radius 2 is 1.45 bits per heavy atom. The lowest BCUT2D eigenvalue weighted by Gasteiger charge is -2.34. The summed E-state index contributed by atoms with van der Waals surface area (Å²) >= 11 is 1.91. The largest absolute Gasteiger partial charge is 0.369 e. The third kappa shape index (κ3) is 3.82. The molecule has 5 rings (SSSR count). The maximum atomic E-state index is 2.50. The Bertz CT molecular complexity index is 1000. The summed E-state index contributed by atoms with van der Waals surface area (Å²) in [5, 5.41) is 0. The Labute approximate surface area is 178 Å². The third-order valence-corrected chi connectivity index (χ3v) is 7.66. The minimum Gasteiger partial charge on any atom is -0.369 e. The third-order valence-electron chi connectivity index (χ3n) is 6.42. The molecule has 2 nitrogen and oxygen atoms in total. The highest BCUT2D eigenvalue weighted by atomic mass is 32.2. The van der Waals surface area contributed by atoms with E-state index in [-0.39, 0.29) is 0 Å². The van der Waals surface area contributed by atoms with Gasteiger partial charge >= 0.3 is 0 Å². The lowest BCUT2D eigenvalue weighted by Crippen LogP contribution is -2.44. The van der Waals surface area contributed by atoms with Crippen LogP contribution in [0, 0.1) is 0 Å². The Morgan fingerprint density at radius 3 is 2.24 bits per heavy atom. The fourth-order valence-electron chi connectivity index (χ4n) is 4.41. The van der Waals surface area contributed by atoms with Crippen molar-refractivity contribution in [1.29, 1.82) is 0 Å². The van der Waals surface area contributed by atoms with Gasteiger partial charge in [0.25, 0.3) is 0 Å². The molecule has 0 bridgehead atoms. The van der Waals surface area contributed by atoms with E-state index in [1.54, 1.807) is 0 Å². The fraction of sp³-hybridized carbons (Fsp3) is 0.308. The van der Waals surface area contributed by atoms with Crippen LogP contribution in [0.4, 0.5) is 5.69 Å². The first-order valence-corrected chi connectivity index (χ1v) is 11.4. The van der Waals surface area contributed by atoms with Gasteiger partial charge in [0, 0.05) is 47.6 Å². The molecule has 0 saturated carbocycles. The number of piperazine rings is 1. The normalized spacial score (nSPS) is 17.5. The van der Waals surface area contributed by atoms with Crippen molar-refractivity contribution < 1.29 is 0 Å². The van der Waals surface area contributed by atoms with Crippen molar-refractivity contribution in [3.8, 4) is 0 Å². The van der Waals surface area contributed by atoms with Gasteiger partial charge in [-0.1, -0.05) is 61.2 Å². The van der Waals surface area contributed by atoms with E-state index >= 15 is 0 Å². The average molecular weight is 401 g/mol. The van der Waals surface area contributed by atoms with Crippen LogP contribution >= 0.6 is 11.8 Å². The molecule has 3 aromatic rings. The topological polar surface area (TPSA) is 6.48 Å². The second kappa shape index (κ2) is 7.89. The molecule has 1 atom stereocenters. The SMILES string of the molecule is CC(c1ccc(N2CCN(C)CC2)cc1)c1ccc2c(c1)Cc1ccccc1S2.